The average Bonchev–Trinajstić information content (AvgIpc) is 2.89. The molecule has 0 atom stereocenters. The van der Waals surface area contributed by atoms with Gasteiger partial charge >= 0.3 is 5.97 Å². The molecule has 0 radical (unpaired) electrons. The van der Waals surface area contributed by atoms with Crippen LogP contribution in [0, 0.1) is 17.0 Å². The molecule has 0 amide bonds. The summed E-state index contributed by atoms with van der Waals surface area (Å²) in [5.41, 5.74) is 1.87. The van der Waals surface area contributed by atoms with E-state index in [1.807, 2.05) is 30.3 Å². The Balaban J connectivity index is 1.97. The van der Waals surface area contributed by atoms with Crippen molar-refractivity contribution in [2.45, 2.75) is 6.92 Å². The van der Waals surface area contributed by atoms with Crippen LogP contribution in [0.1, 0.15) is 16.7 Å². The van der Waals surface area contributed by atoms with Gasteiger partial charge in [-0.15, -0.1) is 0 Å². The normalized spacial score (nSPS) is 15.4. The topological polar surface area (TPSA) is 81.8 Å². The first-order chi connectivity index (χ1) is 11.0. The van der Waals surface area contributed by atoms with Crippen LogP contribution in [0.2, 0.25) is 0 Å². The third-order valence-electron chi connectivity index (χ3n) is 3.38. The van der Waals surface area contributed by atoms with Crippen molar-refractivity contribution in [3.63, 3.8) is 0 Å². The zero-order chi connectivity index (χ0) is 16.4. The van der Waals surface area contributed by atoms with Crippen LogP contribution in [0.15, 0.2) is 59.2 Å². The molecule has 0 saturated heterocycles. The summed E-state index contributed by atoms with van der Waals surface area (Å²) in [4.78, 5) is 26.6. The zero-order valence-electron chi connectivity index (χ0n) is 12.2. The monoisotopic (exact) mass is 308 g/mol. The zero-order valence-corrected chi connectivity index (χ0v) is 12.2. The molecule has 6 nitrogen and oxygen atoms in total. The largest absolute Gasteiger partial charge is 0.402 e. The molecule has 2 aromatic carbocycles. The highest BCUT2D eigenvalue weighted by Crippen LogP contribution is 2.24. The molecular formula is C17H12N2O4. The lowest BCUT2D eigenvalue weighted by atomic mass is 10.1. The van der Waals surface area contributed by atoms with Gasteiger partial charge in [-0.05, 0) is 24.6 Å². The molecular weight excluding hydrogens is 296 g/mol. The minimum absolute atomic E-state index is 0.0401. The minimum Gasteiger partial charge on any atom is -0.402 e. The molecule has 0 fully saturated rings. The van der Waals surface area contributed by atoms with Gasteiger partial charge in [-0.2, -0.15) is 0 Å². The first-order valence-corrected chi connectivity index (χ1v) is 6.87. The predicted molar refractivity (Wildman–Crippen MR) is 84.9 cm³/mol. The van der Waals surface area contributed by atoms with Gasteiger partial charge in [-0.1, -0.05) is 36.4 Å². The van der Waals surface area contributed by atoms with Crippen molar-refractivity contribution in [1.29, 1.82) is 0 Å². The van der Waals surface area contributed by atoms with E-state index >= 15 is 0 Å². The van der Waals surface area contributed by atoms with Gasteiger partial charge in [0, 0.05) is 17.2 Å². The number of rotatable bonds is 3. The van der Waals surface area contributed by atoms with Crippen molar-refractivity contribution in [2.75, 3.05) is 0 Å². The fraction of sp³-hybridized carbons (Fsp3) is 0.0588. The summed E-state index contributed by atoms with van der Waals surface area (Å²) in [7, 11) is 0. The second-order valence-electron chi connectivity index (χ2n) is 5.01. The first kappa shape index (κ1) is 14.6. The van der Waals surface area contributed by atoms with Crippen LogP contribution in [0.25, 0.3) is 6.08 Å². The number of nitro benzene ring substituents is 1. The number of cyclic esters (lactones) is 1. The molecule has 6 heteroatoms. The molecule has 0 unspecified atom stereocenters. The fourth-order valence-electron chi connectivity index (χ4n) is 2.18. The van der Waals surface area contributed by atoms with Gasteiger partial charge in [-0.25, -0.2) is 9.79 Å². The van der Waals surface area contributed by atoms with Crippen molar-refractivity contribution in [2.24, 2.45) is 4.99 Å². The molecule has 0 saturated carbocycles. The second kappa shape index (κ2) is 5.84. The number of aliphatic imine (C=N–C) groups is 1. The molecule has 0 aliphatic carbocycles. The molecule has 2 aromatic rings. The second-order valence-corrected chi connectivity index (χ2v) is 5.01. The Morgan fingerprint density at radius 3 is 2.61 bits per heavy atom. The molecule has 1 aliphatic heterocycles. The minimum atomic E-state index is -0.577. The standard InChI is InChI=1S/C17H12N2O4/c1-11-7-8-13(10-15(11)19(21)22)16-18-14(17(20)23-16)9-12-5-3-2-4-6-12/h2-10H,1H3. The van der Waals surface area contributed by atoms with E-state index < -0.39 is 10.9 Å². The SMILES string of the molecule is Cc1ccc(C2=NC(=Cc3ccccc3)C(=O)O2)cc1[N+](=O)[O-]. The van der Waals surface area contributed by atoms with E-state index in [0.717, 1.165) is 5.56 Å². The van der Waals surface area contributed by atoms with Gasteiger partial charge in [0.2, 0.25) is 5.90 Å². The smallest absolute Gasteiger partial charge is 0.363 e. The maximum absolute atomic E-state index is 11.9. The summed E-state index contributed by atoms with van der Waals surface area (Å²) in [5, 5.41) is 11.0. The van der Waals surface area contributed by atoms with Crippen LogP contribution in [0.3, 0.4) is 0 Å². The Labute approximate surface area is 131 Å². The van der Waals surface area contributed by atoms with Crippen LogP contribution >= 0.6 is 0 Å². The van der Waals surface area contributed by atoms with Crippen LogP contribution in [0.4, 0.5) is 5.69 Å². The Hall–Kier alpha value is -3.28. The number of nitro groups is 1. The van der Waals surface area contributed by atoms with Gasteiger partial charge in [0.05, 0.1) is 4.92 Å². The summed E-state index contributed by atoms with van der Waals surface area (Å²) in [6.45, 7) is 1.64. The Bertz CT molecular complexity index is 854. The molecule has 0 spiro atoms. The van der Waals surface area contributed by atoms with Crippen LogP contribution in [-0.4, -0.2) is 16.8 Å². The van der Waals surface area contributed by atoms with E-state index in [1.54, 1.807) is 25.1 Å². The van der Waals surface area contributed by atoms with Crippen LogP contribution in [-0.2, 0) is 9.53 Å². The Kier molecular flexibility index (Phi) is 3.72. The highest BCUT2D eigenvalue weighted by atomic mass is 16.6. The molecule has 0 N–H and O–H groups in total. The summed E-state index contributed by atoms with van der Waals surface area (Å²) in [5.74, 6) is -0.507. The molecule has 23 heavy (non-hydrogen) atoms. The lowest BCUT2D eigenvalue weighted by molar-refractivity contribution is -0.385. The van der Waals surface area contributed by atoms with E-state index in [2.05, 4.69) is 4.99 Å². The Morgan fingerprint density at radius 2 is 1.91 bits per heavy atom. The lowest BCUT2D eigenvalue weighted by Gasteiger charge is -2.01. The predicted octanol–water partition coefficient (Wildman–Crippen LogP) is 3.25. The number of hydrogen-bond donors (Lipinski definition) is 0. The van der Waals surface area contributed by atoms with Crippen molar-refractivity contribution in [3.05, 3.63) is 81.0 Å². The van der Waals surface area contributed by atoms with Gasteiger partial charge < -0.3 is 4.74 Å². The number of carbonyl (C=O) groups is 1. The van der Waals surface area contributed by atoms with Gasteiger partial charge in [0.1, 0.15) is 0 Å². The molecule has 0 aromatic heterocycles. The van der Waals surface area contributed by atoms with Gasteiger partial charge in [0.25, 0.3) is 5.69 Å². The van der Waals surface area contributed by atoms with Crippen molar-refractivity contribution in [3.8, 4) is 0 Å². The number of hydrogen-bond acceptors (Lipinski definition) is 5. The highest BCUT2D eigenvalue weighted by Gasteiger charge is 2.25. The summed E-state index contributed by atoms with van der Waals surface area (Å²) in [6, 6.07) is 13.8. The molecule has 3 rings (SSSR count). The molecule has 114 valence electrons. The number of carbonyl (C=O) groups excluding carboxylic acids is 1. The molecule has 0 bridgehead atoms. The highest BCUT2D eigenvalue weighted by molar-refractivity contribution is 6.13. The molecule has 1 heterocycles. The average molecular weight is 308 g/mol. The van der Waals surface area contributed by atoms with E-state index in [-0.39, 0.29) is 17.3 Å². The summed E-state index contributed by atoms with van der Waals surface area (Å²) < 4.78 is 5.13. The summed E-state index contributed by atoms with van der Waals surface area (Å²) in [6.07, 6.45) is 1.61. The maximum atomic E-state index is 11.9. The van der Waals surface area contributed by atoms with Crippen molar-refractivity contribution < 1.29 is 14.5 Å². The fourth-order valence-corrected chi connectivity index (χ4v) is 2.18. The Morgan fingerprint density at radius 1 is 1.17 bits per heavy atom. The van der Waals surface area contributed by atoms with E-state index in [4.69, 9.17) is 4.74 Å². The third-order valence-corrected chi connectivity index (χ3v) is 3.38. The molecule has 1 aliphatic rings. The van der Waals surface area contributed by atoms with E-state index in [1.165, 1.54) is 6.07 Å². The number of nitrogens with zero attached hydrogens (tertiary/aromatic N) is 2. The van der Waals surface area contributed by atoms with Crippen LogP contribution < -0.4 is 0 Å². The van der Waals surface area contributed by atoms with Crippen molar-refractivity contribution >= 4 is 23.6 Å². The maximum Gasteiger partial charge on any atom is 0.363 e. The van der Waals surface area contributed by atoms with Gasteiger partial charge in [-0.3, -0.25) is 10.1 Å². The summed E-state index contributed by atoms with van der Waals surface area (Å²) >= 11 is 0. The quantitative estimate of drug-likeness (QED) is 0.377. The van der Waals surface area contributed by atoms with E-state index in [9.17, 15) is 14.9 Å². The van der Waals surface area contributed by atoms with Crippen LogP contribution in [0.5, 0.6) is 0 Å². The number of esters is 1. The van der Waals surface area contributed by atoms with E-state index in [0.29, 0.717) is 11.1 Å². The van der Waals surface area contributed by atoms with Gasteiger partial charge in [0.15, 0.2) is 5.70 Å². The third kappa shape index (κ3) is 3.01. The van der Waals surface area contributed by atoms with Crippen molar-refractivity contribution in [1.82, 2.24) is 0 Å². The first-order valence-electron chi connectivity index (χ1n) is 6.87. The number of benzene rings is 2. The number of aryl methyl sites for hydroxylation is 1. The lowest BCUT2D eigenvalue weighted by Crippen LogP contribution is -2.06. The number of ether oxygens (including phenoxy) is 1.